The average molecular weight is 253 g/mol. The molecule has 0 radical (unpaired) electrons. The van der Waals surface area contributed by atoms with Crippen molar-refractivity contribution < 1.29 is 13.9 Å². The Labute approximate surface area is 108 Å². The monoisotopic (exact) mass is 253 g/mol. The molecule has 3 nitrogen and oxygen atoms in total. The fourth-order valence-corrected chi connectivity index (χ4v) is 1.81. The van der Waals surface area contributed by atoms with Crippen LogP contribution in [0, 0.1) is 5.82 Å². The summed E-state index contributed by atoms with van der Waals surface area (Å²) in [6.45, 7) is 6.57. The zero-order valence-electron chi connectivity index (χ0n) is 11.4. The fraction of sp³-hybridized carbons (Fsp3) is 0.500. The highest BCUT2D eigenvalue weighted by atomic mass is 19.1. The smallest absolute Gasteiger partial charge is 0.159 e. The number of anilines is 1. The number of nitrogens with zero attached hydrogens (tertiary/aromatic N) is 1. The third-order valence-electron chi connectivity index (χ3n) is 2.82. The molecule has 0 aromatic heterocycles. The van der Waals surface area contributed by atoms with Crippen LogP contribution in [0.2, 0.25) is 0 Å². The Morgan fingerprint density at radius 2 is 2.11 bits per heavy atom. The van der Waals surface area contributed by atoms with Gasteiger partial charge in [0, 0.05) is 25.3 Å². The van der Waals surface area contributed by atoms with E-state index in [1.54, 1.807) is 19.2 Å². The maximum absolute atomic E-state index is 14.0. The number of ether oxygens (including phenoxy) is 1. The zero-order chi connectivity index (χ0) is 13.7. The number of halogens is 1. The van der Waals surface area contributed by atoms with Crippen molar-refractivity contribution in [2.24, 2.45) is 0 Å². The van der Waals surface area contributed by atoms with Gasteiger partial charge in [-0.2, -0.15) is 0 Å². The van der Waals surface area contributed by atoms with Gasteiger partial charge < -0.3 is 9.64 Å². The number of carbonyl (C=O) groups is 1. The predicted molar refractivity (Wildman–Crippen MR) is 70.8 cm³/mol. The van der Waals surface area contributed by atoms with Crippen molar-refractivity contribution in [3.05, 3.63) is 29.6 Å². The van der Waals surface area contributed by atoms with Crippen molar-refractivity contribution >= 4 is 11.5 Å². The van der Waals surface area contributed by atoms with Gasteiger partial charge in [-0.3, -0.25) is 4.79 Å². The Kier molecular flexibility index (Phi) is 5.28. The van der Waals surface area contributed by atoms with E-state index < -0.39 is 0 Å². The molecule has 0 aliphatic rings. The minimum Gasteiger partial charge on any atom is -0.383 e. The standard InChI is InChI=1S/C14H20FNO2/c1-10(2)16(7-8-18-4)14-6-5-12(11(3)17)9-13(14)15/h5-6,9-10H,7-8H2,1-4H3. The van der Waals surface area contributed by atoms with Crippen LogP contribution in [0.4, 0.5) is 10.1 Å². The molecule has 0 spiro atoms. The van der Waals surface area contributed by atoms with E-state index in [0.717, 1.165) is 0 Å². The summed E-state index contributed by atoms with van der Waals surface area (Å²) in [6, 6.07) is 4.77. The third-order valence-corrected chi connectivity index (χ3v) is 2.82. The lowest BCUT2D eigenvalue weighted by molar-refractivity contribution is 0.101. The van der Waals surface area contributed by atoms with Crippen LogP contribution in [0.3, 0.4) is 0 Å². The predicted octanol–water partition coefficient (Wildman–Crippen LogP) is 2.89. The third kappa shape index (κ3) is 3.53. The van der Waals surface area contributed by atoms with Gasteiger partial charge in [-0.05, 0) is 39.0 Å². The van der Waals surface area contributed by atoms with Gasteiger partial charge in [0.2, 0.25) is 0 Å². The maximum atomic E-state index is 14.0. The molecular weight excluding hydrogens is 233 g/mol. The van der Waals surface area contributed by atoms with E-state index in [9.17, 15) is 9.18 Å². The van der Waals surface area contributed by atoms with E-state index in [1.165, 1.54) is 13.0 Å². The van der Waals surface area contributed by atoms with Gasteiger partial charge in [-0.25, -0.2) is 4.39 Å². The van der Waals surface area contributed by atoms with Crippen LogP contribution in [-0.4, -0.2) is 32.1 Å². The van der Waals surface area contributed by atoms with E-state index in [1.807, 2.05) is 18.7 Å². The summed E-state index contributed by atoms with van der Waals surface area (Å²) >= 11 is 0. The normalized spacial score (nSPS) is 10.8. The first-order valence-electron chi connectivity index (χ1n) is 6.03. The van der Waals surface area contributed by atoms with Crippen molar-refractivity contribution in [1.29, 1.82) is 0 Å². The molecule has 0 aliphatic heterocycles. The van der Waals surface area contributed by atoms with Gasteiger partial charge in [-0.1, -0.05) is 0 Å². The highest BCUT2D eigenvalue weighted by molar-refractivity contribution is 5.94. The molecule has 0 fully saturated rings. The first kappa shape index (κ1) is 14.6. The highest BCUT2D eigenvalue weighted by Gasteiger charge is 2.15. The van der Waals surface area contributed by atoms with Crippen molar-refractivity contribution in [2.45, 2.75) is 26.8 Å². The molecule has 0 saturated heterocycles. The topological polar surface area (TPSA) is 29.5 Å². The second kappa shape index (κ2) is 6.50. The minimum absolute atomic E-state index is 0.131. The Morgan fingerprint density at radius 3 is 2.56 bits per heavy atom. The Morgan fingerprint density at radius 1 is 1.44 bits per heavy atom. The molecule has 0 saturated carbocycles. The number of benzene rings is 1. The summed E-state index contributed by atoms with van der Waals surface area (Å²) < 4.78 is 19.0. The molecule has 1 rings (SSSR count). The second-order valence-electron chi connectivity index (χ2n) is 4.50. The van der Waals surface area contributed by atoms with E-state index in [-0.39, 0.29) is 17.6 Å². The largest absolute Gasteiger partial charge is 0.383 e. The van der Waals surface area contributed by atoms with Gasteiger partial charge in [0.25, 0.3) is 0 Å². The molecule has 0 aliphatic carbocycles. The molecular formula is C14H20FNO2. The molecule has 18 heavy (non-hydrogen) atoms. The van der Waals surface area contributed by atoms with Crippen LogP contribution in [0.5, 0.6) is 0 Å². The Balaban J connectivity index is 3.01. The van der Waals surface area contributed by atoms with Gasteiger partial charge in [0.1, 0.15) is 5.82 Å². The molecule has 100 valence electrons. The molecule has 1 aromatic rings. The molecule has 1 aromatic carbocycles. The summed E-state index contributed by atoms with van der Waals surface area (Å²) in [7, 11) is 1.62. The van der Waals surface area contributed by atoms with Crippen LogP contribution in [0.25, 0.3) is 0 Å². The number of Topliss-reactive ketones (excluding diaryl/α,β-unsaturated/α-hetero) is 1. The lowest BCUT2D eigenvalue weighted by Crippen LogP contribution is -2.34. The van der Waals surface area contributed by atoms with Crippen LogP contribution in [0.1, 0.15) is 31.1 Å². The van der Waals surface area contributed by atoms with Crippen molar-refractivity contribution in [2.75, 3.05) is 25.2 Å². The number of rotatable bonds is 6. The SMILES string of the molecule is COCCN(c1ccc(C(C)=O)cc1F)C(C)C. The number of ketones is 1. The van der Waals surface area contributed by atoms with E-state index in [0.29, 0.717) is 24.4 Å². The summed E-state index contributed by atoms with van der Waals surface area (Å²) in [5.74, 6) is -0.499. The fourth-order valence-electron chi connectivity index (χ4n) is 1.81. The number of methoxy groups -OCH3 is 1. The van der Waals surface area contributed by atoms with E-state index in [4.69, 9.17) is 4.74 Å². The van der Waals surface area contributed by atoms with Crippen LogP contribution in [-0.2, 0) is 4.74 Å². The highest BCUT2D eigenvalue weighted by Crippen LogP contribution is 2.22. The molecule has 0 amide bonds. The summed E-state index contributed by atoms with van der Waals surface area (Å²) in [5.41, 5.74) is 0.902. The summed E-state index contributed by atoms with van der Waals surface area (Å²) in [5, 5.41) is 0. The van der Waals surface area contributed by atoms with Crippen LogP contribution in [0.15, 0.2) is 18.2 Å². The summed E-state index contributed by atoms with van der Waals surface area (Å²) in [6.07, 6.45) is 0. The second-order valence-corrected chi connectivity index (χ2v) is 4.50. The van der Waals surface area contributed by atoms with Gasteiger partial charge >= 0.3 is 0 Å². The van der Waals surface area contributed by atoms with Crippen molar-refractivity contribution in [3.63, 3.8) is 0 Å². The first-order valence-corrected chi connectivity index (χ1v) is 6.03. The molecule has 0 unspecified atom stereocenters. The summed E-state index contributed by atoms with van der Waals surface area (Å²) in [4.78, 5) is 13.1. The van der Waals surface area contributed by atoms with E-state index in [2.05, 4.69) is 0 Å². The molecule has 0 heterocycles. The molecule has 0 bridgehead atoms. The van der Waals surface area contributed by atoms with E-state index >= 15 is 0 Å². The number of carbonyl (C=O) groups excluding carboxylic acids is 1. The molecule has 4 heteroatoms. The maximum Gasteiger partial charge on any atom is 0.159 e. The first-order chi connectivity index (χ1) is 8.47. The van der Waals surface area contributed by atoms with Crippen LogP contribution < -0.4 is 4.90 Å². The van der Waals surface area contributed by atoms with Gasteiger partial charge in [-0.15, -0.1) is 0 Å². The van der Waals surface area contributed by atoms with Gasteiger partial charge in [0.15, 0.2) is 5.78 Å². The Bertz CT molecular complexity index is 418. The zero-order valence-corrected chi connectivity index (χ0v) is 11.4. The van der Waals surface area contributed by atoms with Crippen molar-refractivity contribution in [1.82, 2.24) is 0 Å². The molecule has 0 atom stereocenters. The van der Waals surface area contributed by atoms with Gasteiger partial charge in [0.05, 0.1) is 12.3 Å². The minimum atomic E-state index is -0.368. The molecule has 0 N–H and O–H groups in total. The van der Waals surface area contributed by atoms with Crippen LogP contribution >= 0.6 is 0 Å². The quantitative estimate of drug-likeness (QED) is 0.730. The van der Waals surface area contributed by atoms with Crippen molar-refractivity contribution in [3.8, 4) is 0 Å². The lowest BCUT2D eigenvalue weighted by Gasteiger charge is -2.29. The number of hydrogen-bond acceptors (Lipinski definition) is 3. The average Bonchev–Trinajstić information content (AvgIpc) is 2.30. The number of hydrogen-bond donors (Lipinski definition) is 0. The Hall–Kier alpha value is -1.42. The lowest BCUT2D eigenvalue weighted by atomic mass is 10.1.